The number of hydrogen-bond donors (Lipinski definition) is 0. The Morgan fingerprint density at radius 3 is 2.40 bits per heavy atom. The summed E-state index contributed by atoms with van der Waals surface area (Å²) in [6.07, 6.45) is 4.75. The highest BCUT2D eigenvalue weighted by Crippen LogP contribution is 2.37. The Morgan fingerprint density at radius 2 is 1.77 bits per heavy atom. The normalized spacial score (nSPS) is 11.5. The summed E-state index contributed by atoms with van der Waals surface area (Å²) in [5.41, 5.74) is 0.181. The number of methoxy groups -OCH3 is 2. The first-order chi connectivity index (χ1) is 14.3. The third kappa shape index (κ3) is 6.03. The number of Topliss-reactive ketones (excluding diaryl/α,β-unsaturated/α-hetero) is 2. The molecule has 0 aliphatic rings. The second-order valence-corrected chi connectivity index (χ2v) is 8.12. The number of halogens is 1. The zero-order chi connectivity index (χ0) is 22.1. The summed E-state index contributed by atoms with van der Waals surface area (Å²) >= 11 is 3.40. The first kappa shape index (κ1) is 23.8. The lowest BCUT2D eigenvalue weighted by Gasteiger charge is -2.23. The number of hydrogen-bond acceptors (Lipinski definition) is 5. The zero-order valence-electron chi connectivity index (χ0n) is 17.7. The highest BCUT2D eigenvalue weighted by atomic mass is 79.9. The van der Waals surface area contributed by atoms with Crippen molar-refractivity contribution in [1.82, 2.24) is 0 Å². The molecule has 160 valence electrons. The largest absolute Gasteiger partial charge is 0.495 e. The Bertz CT molecular complexity index is 903. The van der Waals surface area contributed by atoms with Crippen LogP contribution in [0.2, 0.25) is 0 Å². The predicted octanol–water partition coefficient (Wildman–Crippen LogP) is 5.71. The average Bonchev–Trinajstić information content (AvgIpc) is 2.75. The van der Waals surface area contributed by atoms with Gasteiger partial charge >= 0.3 is 0 Å². The van der Waals surface area contributed by atoms with Crippen LogP contribution in [0.5, 0.6) is 11.5 Å². The molecule has 0 aliphatic heterocycles. The molecule has 0 amide bonds. The van der Waals surface area contributed by atoms with Gasteiger partial charge in [0.15, 0.2) is 12.6 Å². The molecule has 0 saturated heterocycles. The van der Waals surface area contributed by atoms with Gasteiger partial charge < -0.3 is 14.2 Å². The molecule has 2 rings (SSSR count). The van der Waals surface area contributed by atoms with Crippen molar-refractivity contribution >= 4 is 33.6 Å². The van der Waals surface area contributed by atoms with Crippen LogP contribution in [0.4, 0.5) is 0 Å². The van der Waals surface area contributed by atoms with Crippen molar-refractivity contribution in [1.29, 1.82) is 0 Å². The van der Waals surface area contributed by atoms with Crippen LogP contribution in [-0.2, 0) is 9.53 Å². The van der Waals surface area contributed by atoms with E-state index in [9.17, 15) is 9.59 Å². The Morgan fingerprint density at radius 1 is 1.07 bits per heavy atom. The summed E-state index contributed by atoms with van der Waals surface area (Å²) in [5.74, 6) is 0.392. The molecule has 0 radical (unpaired) electrons. The maximum absolute atomic E-state index is 13.3. The fraction of sp³-hybridized carbons (Fsp3) is 0.333. The first-order valence-corrected chi connectivity index (χ1v) is 10.4. The monoisotopic (exact) mass is 474 g/mol. The van der Waals surface area contributed by atoms with Crippen LogP contribution in [0, 0.1) is 5.41 Å². The van der Waals surface area contributed by atoms with Crippen molar-refractivity contribution in [2.75, 3.05) is 21.0 Å². The number of ketones is 2. The third-order valence-electron chi connectivity index (χ3n) is 4.74. The number of allylic oxidation sites excluding steroid dienone is 1. The lowest BCUT2D eigenvalue weighted by Crippen LogP contribution is -2.33. The molecule has 0 saturated carbocycles. The molecule has 2 aromatic carbocycles. The van der Waals surface area contributed by atoms with E-state index in [4.69, 9.17) is 14.2 Å². The van der Waals surface area contributed by atoms with Crippen molar-refractivity contribution in [3.63, 3.8) is 0 Å². The van der Waals surface area contributed by atoms with E-state index in [1.165, 1.54) is 14.2 Å². The fourth-order valence-electron chi connectivity index (χ4n) is 2.88. The van der Waals surface area contributed by atoms with E-state index in [-0.39, 0.29) is 24.8 Å². The third-order valence-corrected chi connectivity index (χ3v) is 5.36. The van der Waals surface area contributed by atoms with E-state index in [0.717, 1.165) is 5.56 Å². The highest BCUT2D eigenvalue weighted by molar-refractivity contribution is 9.10. The van der Waals surface area contributed by atoms with E-state index in [1.54, 1.807) is 26.0 Å². The van der Waals surface area contributed by atoms with Gasteiger partial charge in [-0.2, -0.15) is 0 Å². The van der Waals surface area contributed by atoms with E-state index in [0.29, 0.717) is 28.0 Å². The van der Waals surface area contributed by atoms with E-state index >= 15 is 0 Å². The van der Waals surface area contributed by atoms with E-state index in [2.05, 4.69) is 15.9 Å². The standard InChI is InChI=1S/C24H27BrO5/c1-24(2,22(26)13-9-8-12-17-10-6-5-7-11-17)23(27)18-14-19(25)21(29-4)15-20(18)30-16-28-3/h5-8,10-12,14-15H,9,13,16H2,1-4H3/b12-8+. The molecule has 0 aliphatic carbocycles. The summed E-state index contributed by atoms with van der Waals surface area (Å²) in [6, 6.07) is 13.1. The molecule has 0 atom stereocenters. The highest BCUT2D eigenvalue weighted by Gasteiger charge is 2.37. The first-order valence-electron chi connectivity index (χ1n) is 9.60. The molecule has 5 nitrogen and oxygen atoms in total. The molecule has 0 unspecified atom stereocenters. The number of carbonyl (C=O) groups excluding carboxylic acids is 2. The number of ether oxygens (including phenoxy) is 3. The minimum atomic E-state index is -1.19. The van der Waals surface area contributed by atoms with Crippen molar-refractivity contribution in [3.8, 4) is 11.5 Å². The summed E-state index contributed by atoms with van der Waals surface area (Å²) in [4.78, 5) is 26.1. The fourth-order valence-corrected chi connectivity index (χ4v) is 3.39. The molecule has 0 bridgehead atoms. The molecule has 30 heavy (non-hydrogen) atoms. The van der Waals surface area contributed by atoms with E-state index in [1.807, 2.05) is 42.5 Å². The number of benzene rings is 2. The zero-order valence-corrected chi connectivity index (χ0v) is 19.3. The maximum Gasteiger partial charge on any atom is 0.188 e. The van der Waals surface area contributed by atoms with E-state index < -0.39 is 5.41 Å². The second kappa shape index (κ2) is 11.1. The van der Waals surface area contributed by atoms with Crippen LogP contribution in [0.15, 0.2) is 53.0 Å². The molecule has 0 N–H and O–H groups in total. The van der Waals surface area contributed by atoms with Gasteiger partial charge in [-0.25, -0.2) is 0 Å². The van der Waals surface area contributed by atoms with Crippen molar-refractivity contribution in [2.45, 2.75) is 26.7 Å². The SMILES string of the molecule is COCOc1cc(OC)c(Br)cc1C(=O)C(C)(C)C(=O)CC/C=C/c1ccccc1. The molecule has 0 fully saturated rings. The van der Waals surface area contributed by atoms with Crippen molar-refractivity contribution < 1.29 is 23.8 Å². The van der Waals surface area contributed by atoms with Gasteiger partial charge in [0.2, 0.25) is 0 Å². The van der Waals surface area contributed by atoms with Crippen LogP contribution in [0.1, 0.15) is 42.6 Å². The summed E-state index contributed by atoms with van der Waals surface area (Å²) < 4.78 is 16.4. The van der Waals surface area contributed by atoms with Crippen molar-refractivity contribution in [3.05, 3.63) is 64.1 Å². The number of carbonyl (C=O) groups is 2. The van der Waals surface area contributed by atoms with Gasteiger partial charge in [0.1, 0.15) is 17.3 Å². The Kier molecular flexibility index (Phi) is 8.81. The minimum absolute atomic E-state index is 0.0241. The Labute approximate surface area is 186 Å². The smallest absolute Gasteiger partial charge is 0.188 e. The van der Waals surface area contributed by atoms with Gasteiger partial charge in [0.05, 0.1) is 22.6 Å². The molecular formula is C24H27BrO5. The van der Waals surface area contributed by atoms with Crippen LogP contribution < -0.4 is 9.47 Å². The second-order valence-electron chi connectivity index (χ2n) is 7.26. The molecule has 2 aromatic rings. The van der Waals surface area contributed by atoms with Crippen molar-refractivity contribution in [2.24, 2.45) is 5.41 Å². The van der Waals surface area contributed by atoms with Gasteiger partial charge in [-0.3, -0.25) is 9.59 Å². The molecular weight excluding hydrogens is 448 g/mol. The van der Waals surface area contributed by atoms with Gasteiger partial charge in [-0.15, -0.1) is 0 Å². The van der Waals surface area contributed by atoms with Gasteiger partial charge in [-0.05, 0) is 47.8 Å². The summed E-state index contributed by atoms with van der Waals surface area (Å²) in [7, 11) is 3.02. The topological polar surface area (TPSA) is 61.8 Å². The van der Waals surface area contributed by atoms with Gasteiger partial charge in [-0.1, -0.05) is 42.5 Å². The average molecular weight is 475 g/mol. The predicted molar refractivity (Wildman–Crippen MR) is 121 cm³/mol. The Hall–Kier alpha value is -2.44. The minimum Gasteiger partial charge on any atom is -0.495 e. The molecule has 0 aromatic heterocycles. The van der Waals surface area contributed by atoms with Crippen LogP contribution in [-0.4, -0.2) is 32.6 Å². The quantitative estimate of drug-likeness (QED) is 0.237. The Balaban J connectivity index is 2.16. The van der Waals surface area contributed by atoms with Gasteiger partial charge in [0, 0.05) is 19.6 Å². The lowest BCUT2D eigenvalue weighted by molar-refractivity contribution is -0.124. The van der Waals surface area contributed by atoms with Crippen LogP contribution >= 0.6 is 15.9 Å². The molecule has 6 heteroatoms. The van der Waals surface area contributed by atoms with Crippen LogP contribution in [0.25, 0.3) is 6.08 Å². The van der Waals surface area contributed by atoms with Gasteiger partial charge in [0.25, 0.3) is 0 Å². The maximum atomic E-state index is 13.3. The summed E-state index contributed by atoms with van der Waals surface area (Å²) in [6.45, 7) is 3.28. The molecule has 0 spiro atoms. The lowest BCUT2D eigenvalue weighted by atomic mass is 9.78. The van der Waals surface area contributed by atoms with Crippen LogP contribution in [0.3, 0.4) is 0 Å². The number of rotatable bonds is 11. The summed E-state index contributed by atoms with van der Waals surface area (Å²) in [5, 5.41) is 0. The molecule has 0 heterocycles.